The summed E-state index contributed by atoms with van der Waals surface area (Å²) in [5.41, 5.74) is 0. The van der Waals surface area contributed by atoms with Crippen LogP contribution in [0.2, 0.25) is 0 Å². The van der Waals surface area contributed by atoms with Crippen LogP contribution in [0, 0.1) is 23.2 Å². The van der Waals surface area contributed by atoms with E-state index in [2.05, 4.69) is 11.4 Å². The minimum Gasteiger partial charge on any atom is -0.312 e. The molecule has 0 radical (unpaired) electrons. The first-order chi connectivity index (χ1) is 5.90. The van der Waals surface area contributed by atoms with Gasteiger partial charge in [0.1, 0.15) is 0 Å². The minimum atomic E-state index is 0.288. The molecule has 1 aliphatic carbocycles. The Morgan fingerprint density at radius 1 is 1.25 bits per heavy atom. The van der Waals surface area contributed by atoms with Crippen LogP contribution in [0.15, 0.2) is 0 Å². The van der Waals surface area contributed by atoms with Crippen LogP contribution in [0.25, 0.3) is 0 Å². The van der Waals surface area contributed by atoms with E-state index in [1.807, 2.05) is 0 Å². The van der Waals surface area contributed by atoms with Gasteiger partial charge in [0.15, 0.2) is 0 Å². The Morgan fingerprint density at radius 3 is 2.58 bits per heavy atom. The van der Waals surface area contributed by atoms with Gasteiger partial charge in [-0.25, -0.2) is 0 Å². The molecular formula is C10H16N2. The van der Waals surface area contributed by atoms with E-state index in [4.69, 9.17) is 5.26 Å². The van der Waals surface area contributed by atoms with Crippen molar-refractivity contribution in [2.24, 2.45) is 11.8 Å². The molecule has 66 valence electrons. The Hall–Kier alpha value is -0.550. The Balaban J connectivity index is 1.86. The number of rotatable bonds is 1. The number of nitrogens with one attached hydrogen (secondary N) is 1. The summed E-state index contributed by atoms with van der Waals surface area (Å²) in [6, 6.07) is 3.02. The van der Waals surface area contributed by atoms with Crippen molar-refractivity contribution in [3.8, 4) is 6.07 Å². The molecule has 1 saturated carbocycles. The maximum absolute atomic E-state index is 8.74. The Labute approximate surface area is 74.0 Å². The monoisotopic (exact) mass is 164 g/mol. The van der Waals surface area contributed by atoms with Crippen molar-refractivity contribution in [1.82, 2.24) is 5.32 Å². The molecule has 1 heterocycles. The summed E-state index contributed by atoms with van der Waals surface area (Å²) < 4.78 is 0. The standard InChI is InChI=1S/C10H16N2/c11-6-8-5-10(12-7-8)9-3-1-2-4-9/h8-10,12H,1-5,7H2. The molecule has 1 saturated heterocycles. The summed E-state index contributed by atoms with van der Waals surface area (Å²) in [5, 5.41) is 12.2. The summed E-state index contributed by atoms with van der Waals surface area (Å²) in [6.07, 6.45) is 6.67. The summed E-state index contributed by atoms with van der Waals surface area (Å²) in [4.78, 5) is 0. The lowest BCUT2D eigenvalue weighted by Gasteiger charge is -2.17. The smallest absolute Gasteiger partial charge is 0.0669 e. The van der Waals surface area contributed by atoms with E-state index < -0.39 is 0 Å². The fourth-order valence-corrected chi connectivity index (χ4v) is 2.58. The molecule has 0 amide bonds. The number of nitriles is 1. The van der Waals surface area contributed by atoms with E-state index in [1.165, 1.54) is 25.7 Å². The van der Waals surface area contributed by atoms with E-state index in [0.29, 0.717) is 6.04 Å². The summed E-state index contributed by atoms with van der Waals surface area (Å²) in [5.74, 6) is 1.17. The lowest BCUT2D eigenvalue weighted by Crippen LogP contribution is -2.28. The van der Waals surface area contributed by atoms with Crippen molar-refractivity contribution < 1.29 is 0 Å². The zero-order valence-corrected chi connectivity index (χ0v) is 7.42. The second-order valence-electron chi connectivity index (χ2n) is 4.12. The van der Waals surface area contributed by atoms with Gasteiger partial charge in [-0.05, 0) is 25.2 Å². The van der Waals surface area contributed by atoms with Gasteiger partial charge >= 0.3 is 0 Å². The Kier molecular flexibility index (Phi) is 2.32. The van der Waals surface area contributed by atoms with Gasteiger partial charge in [-0.3, -0.25) is 0 Å². The van der Waals surface area contributed by atoms with Gasteiger partial charge in [-0.15, -0.1) is 0 Å². The van der Waals surface area contributed by atoms with Crippen LogP contribution in [-0.2, 0) is 0 Å². The summed E-state index contributed by atoms with van der Waals surface area (Å²) >= 11 is 0. The van der Waals surface area contributed by atoms with Gasteiger partial charge in [-0.1, -0.05) is 12.8 Å². The van der Waals surface area contributed by atoms with E-state index >= 15 is 0 Å². The molecular weight excluding hydrogens is 148 g/mol. The molecule has 12 heavy (non-hydrogen) atoms. The van der Waals surface area contributed by atoms with Crippen molar-refractivity contribution in [3.63, 3.8) is 0 Å². The molecule has 2 nitrogen and oxygen atoms in total. The fourth-order valence-electron chi connectivity index (χ4n) is 2.58. The number of nitrogens with zero attached hydrogens (tertiary/aromatic N) is 1. The maximum Gasteiger partial charge on any atom is 0.0669 e. The molecule has 0 aromatic carbocycles. The quantitative estimate of drug-likeness (QED) is 0.640. The molecule has 2 atom stereocenters. The molecule has 0 aromatic heterocycles. The highest BCUT2D eigenvalue weighted by Gasteiger charge is 2.31. The van der Waals surface area contributed by atoms with Crippen molar-refractivity contribution >= 4 is 0 Å². The molecule has 1 aliphatic heterocycles. The molecule has 2 aliphatic rings. The number of hydrogen-bond donors (Lipinski definition) is 1. The highest BCUT2D eigenvalue weighted by molar-refractivity contribution is 4.96. The van der Waals surface area contributed by atoms with Gasteiger partial charge in [0, 0.05) is 12.6 Å². The molecule has 1 N–H and O–H groups in total. The van der Waals surface area contributed by atoms with Crippen molar-refractivity contribution in [1.29, 1.82) is 5.26 Å². The van der Waals surface area contributed by atoms with Crippen molar-refractivity contribution in [3.05, 3.63) is 0 Å². The third-order valence-corrected chi connectivity index (χ3v) is 3.32. The van der Waals surface area contributed by atoms with Crippen LogP contribution < -0.4 is 5.32 Å². The first-order valence-corrected chi connectivity index (χ1v) is 5.03. The van der Waals surface area contributed by atoms with Crippen LogP contribution in [0.4, 0.5) is 0 Å². The zero-order valence-electron chi connectivity index (χ0n) is 7.42. The predicted octanol–water partition coefficient (Wildman–Crippen LogP) is 1.68. The lowest BCUT2D eigenvalue weighted by atomic mass is 9.94. The van der Waals surface area contributed by atoms with Crippen molar-refractivity contribution in [2.75, 3.05) is 6.54 Å². The van der Waals surface area contributed by atoms with Crippen molar-refractivity contribution in [2.45, 2.75) is 38.1 Å². The van der Waals surface area contributed by atoms with Crippen LogP contribution in [0.3, 0.4) is 0 Å². The Morgan fingerprint density at radius 2 is 2.00 bits per heavy atom. The summed E-state index contributed by atoms with van der Waals surface area (Å²) in [6.45, 7) is 0.928. The average Bonchev–Trinajstić information content (AvgIpc) is 2.75. The van der Waals surface area contributed by atoms with Gasteiger partial charge < -0.3 is 5.32 Å². The third kappa shape index (κ3) is 1.47. The molecule has 2 fully saturated rings. The second kappa shape index (κ2) is 3.45. The highest BCUT2D eigenvalue weighted by atomic mass is 15.0. The van der Waals surface area contributed by atoms with Gasteiger partial charge in [0.05, 0.1) is 12.0 Å². The van der Waals surface area contributed by atoms with Crippen LogP contribution >= 0.6 is 0 Å². The average molecular weight is 164 g/mol. The van der Waals surface area contributed by atoms with E-state index in [9.17, 15) is 0 Å². The SMILES string of the molecule is N#CC1CNC(C2CCCC2)C1. The van der Waals surface area contributed by atoms with Crippen LogP contribution in [0.5, 0.6) is 0 Å². The molecule has 2 unspecified atom stereocenters. The minimum absolute atomic E-state index is 0.288. The van der Waals surface area contributed by atoms with Crippen LogP contribution in [0.1, 0.15) is 32.1 Å². The topological polar surface area (TPSA) is 35.8 Å². The van der Waals surface area contributed by atoms with E-state index in [0.717, 1.165) is 18.9 Å². The fraction of sp³-hybridized carbons (Fsp3) is 0.900. The van der Waals surface area contributed by atoms with Gasteiger partial charge in [0.2, 0.25) is 0 Å². The first kappa shape index (κ1) is 8.07. The van der Waals surface area contributed by atoms with Gasteiger partial charge in [0.25, 0.3) is 0 Å². The molecule has 2 heteroatoms. The van der Waals surface area contributed by atoms with Gasteiger partial charge in [-0.2, -0.15) is 5.26 Å². The highest BCUT2D eigenvalue weighted by Crippen LogP contribution is 2.32. The largest absolute Gasteiger partial charge is 0.312 e. The van der Waals surface area contributed by atoms with Crippen LogP contribution in [-0.4, -0.2) is 12.6 Å². The van der Waals surface area contributed by atoms with E-state index in [1.54, 1.807) is 0 Å². The molecule has 0 aromatic rings. The molecule has 0 bridgehead atoms. The predicted molar refractivity (Wildman–Crippen MR) is 47.5 cm³/mol. The second-order valence-corrected chi connectivity index (χ2v) is 4.12. The summed E-state index contributed by atoms with van der Waals surface area (Å²) in [7, 11) is 0. The van der Waals surface area contributed by atoms with E-state index in [-0.39, 0.29) is 5.92 Å². The molecule has 0 spiro atoms. The zero-order chi connectivity index (χ0) is 8.39. The first-order valence-electron chi connectivity index (χ1n) is 5.03. The number of hydrogen-bond acceptors (Lipinski definition) is 2. The third-order valence-electron chi connectivity index (χ3n) is 3.32. The normalized spacial score (nSPS) is 36.9. The lowest BCUT2D eigenvalue weighted by molar-refractivity contribution is 0.395. The maximum atomic E-state index is 8.74. The molecule has 2 rings (SSSR count). The Bertz CT molecular complexity index is 189.